The number of nitrogens with zero attached hydrogens (tertiary/aromatic N) is 5. The molecule has 1 atom stereocenters. The predicted molar refractivity (Wildman–Crippen MR) is 112 cm³/mol. The summed E-state index contributed by atoms with van der Waals surface area (Å²) in [6.45, 7) is 3.82. The van der Waals surface area contributed by atoms with Gasteiger partial charge in [-0.3, -0.25) is 14.0 Å². The molecule has 0 saturated carbocycles. The maximum atomic E-state index is 12.7. The molecule has 1 saturated heterocycles. The number of carbonyl (C=O) groups is 1. The Labute approximate surface area is 175 Å². The van der Waals surface area contributed by atoms with Crippen LogP contribution < -0.4 is 10.6 Å². The fourth-order valence-electron chi connectivity index (χ4n) is 3.20. The van der Waals surface area contributed by atoms with Crippen LogP contribution in [0.4, 0.5) is 5.69 Å². The molecule has 4 rings (SSSR count). The number of hydrogen-bond acceptors (Lipinski definition) is 5. The maximum absolute atomic E-state index is 12.7. The Morgan fingerprint density at radius 1 is 1.21 bits per heavy atom. The van der Waals surface area contributed by atoms with Gasteiger partial charge in [-0.25, -0.2) is 9.97 Å². The predicted octanol–water partition coefficient (Wildman–Crippen LogP) is 2.79. The lowest BCUT2D eigenvalue weighted by molar-refractivity contribution is 0.102. The average molecular weight is 424 g/mol. The number of aryl methyl sites for hydroxylation is 1. The second-order valence-corrected chi connectivity index (χ2v) is 6.35. The second kappa shape index (κ2) is 9.68. The number of aromatic nitrogens is 5. The number of anilines is 1. The lowest BCUT2D eigenvalue weighted by Crippen LogP contribution is -2.32. The second-order valence-electron chi connectivity index (χ2n) is 6.35. The Hall–Kier alpha value is -2.42. The number of carbonyl (C=O) groups excluding carboxylic acids is 1. The van der Waals surface area contributed by atoms with Gasteiger partial charge in [0.1, 0.15) is 5.82 Å². The van der Waals surface area contributed by atoms with Gasteiger partial charge >= 0.3 is 0 Å². The van der Waals surface area contributed by atoms with Gasteiger partial charge in [-0.1, -0.05) is 0 Å². The highest BCUT2D eigenvalue weighted by Crippen LogP contribution is 2.20. The Morgan fingerprint density at radius 3 is 2.79 bits per heavy atom. The minimum Gasteiger partial charge on any atom is -0.317 e. The first-order chi connectivity index (χ1) is 12.7. The third-order valence-electron chi connectivity index (χ3n) is 4.57. The molecular formula is C18H23Cl2N7O. The first-order valence-electron chi connectivity index (χ1n) is 8.75. The van der Waals surface area contributed by atoms with E-state index >= 15 is 0 Å². The zero-order chi connectivity index (χ0) is 17.9. The SMILES string of the molecule is Cc1nccn1-c1ncccc1NC(=O)c1ccn(C2CCCNC2)n1.Cl.Cl. The molecule has 0 radical (unpaired) electrons. The van der Waals surface area contributed by atoms with Gasteiger partial charge in [-0.15, -0.1) is 24.8 Å². The normalized spacial score (nSPS) is 16.0. The topological polar surface area (TPSA) is 89.7 Å². The van der Waals surface area contributed by atoms with Crippen molar-refractivity contribution in [2.45, 2.75) is 25.8 Å². The summed E-state index contributed by atoms with van der Waals surface area (Å²) < 4.78 is 3.72. The van der Waals surface area contributed by atoms with E-state index in [0.717, 1.165) is 31.8 Å². The number of rotatable bonds is 4. The summed E-state index contributed by atoms with van der Waals surface area (Å²) in [6.07, 6.45) is 9.28. The fraction of sp³-hybridized carbons (Fsp3) is 0.333. The number of piperidine rings is 1. The molecule has 3 aromatic heterocycles. The van der Waals surface area contributed by atoms with Crippen molar-refractivity contribution in [3.8, 4) is 5.82 Å². The van der Waals surface area contributed by atoms with Crippen LogP contribution in [-0.2, 0) is 0 Å². The molecule has 0 aromatic carbocycles. The van der Waals surface area contributed by atoms with Gasteiger partial charge in [0.15, 0.2) is 11.5 Å². The van der Waals surface area contributed by atoms with Crippen molar-refractivity contribution >= 4 is 36.4 Å². The van der Waals surface area contributed by atoms with Crippen LogP contribution in [-0.4, -0.2) is 43.3 Å². The van der Waals surface area contributed by atoms with Crippen LogP contribution in [0.3, 0.4) is 0 Å². The molecule has 8 nitrogen and oxygen atoms in total. The van der Waals surface area contributed by atoms with Crippen molar-refractivity contribution in [1.82, 2.24) is 29.6 Å². The van der Waals surface area contributed by atoms with Crippen LogP contribution in [0.5, 0.6) is 0 Å². The first-order valence-corrected chi connectivity index (χ1v) is 8.75. The van der Waals surface area contributed by atoms with E-state index in [4.69, 9.17) is 0 Å². The quantitative estimate of drug-likeness (QED) is 0.673. The Morgan fingerprint density at radius 2 is 2.07 bits per heavy atom. The molecule has 3 aromatic rings. The first kappa shape index (κ1) is 21.9. The van der Waals surface area contributed by atoms with Crippen LogP contribution in [0, 0.1) is 6.92 Å². The van der Waals surface area contributed by atoms with Crippen LogP contribution in [0.25, 0.3) is 5.82 Å². The van der Waals surface area contributed by atoms with E-state index in [1.807, 2.05) is 34.6 Å². The van der Waals surface area contributed by atoms with Gasteiger partial charge in [0.05, 0.1) is 11.7 Å². The molecule has 2 N–H and O–H groups in total. The number of halogens is 2. The standard InChI is InChI=1S/C18H21N7O.2ClH/c1-13-20-9-11-24(13)17-15(5-3-8-21-17)22-18(26)16-6-10-25(23-16)14-4-2-7-19-12-14;;/h3,5-6,8-11,14,19H,2,4,7,12H2,1H3,(H,22,26);2*1H. The molecule has 1 fully saturated rings. The monoisotopic (exact) mass is 423 g/mol. The number of amides is 1. The summed E-state index contributed by atoms with van der Waals surface area (Å²) in [4.78, 5) is 21.3. The molecule has 0 spiro atoms. The molecular weight excluding hydrogens is 401 g/mol. The summed E-state index contributed by atoms with van der Waals surface area (Å²) in [5, 5.41) is 10.7. The molecule has 150 valence electrons. The number of nitrogens with one attached hydrogen (secondary N) is 2. The van der Waals surface area contributed by atoms with Gasteiger partial charge in [0.2, 0.25) is 0 Å². The molecule has 28 heavy (non-hydrogen) atoms. The van der Waals surface area contributed by atoms with Crippen molar-refractivity contribution in [2.75, 3.05) is 18.4 Å². The maximum Gasteiger partial charge on any atom is 0.276 e. The van der Waals surface area contributed by atoms with Gasteiger partial charge in [0, 0.05) is 31.3 Å². The van der Waals surface area contributed by atoms with E-state index in [2.05, 4.69) is 25.7 Å². The van der Waals surface area contributed by atoms with Gasteiger partial charge in [0.25, 0.3) is 5.91 Å². The van der Waals surface area contributed by atoms with E-state index in [1.54, 1.807) is 24.5 Å². The molecule has 1 unspecified atom stereocenters. The third-order valence-corrected chi connectivity index (χ3v) is 4.57. The zero-order valence-electron chi connectivity index (χ0n) is 15.4. The third kappa shape index (κ3) is 4.52. The molecule has 10 heteroatoms. The van der Waals surface area contributed by atoms with Crippen LogP contribution in [0.1, 0.15) is 35.2 Å². The van der Waals surface area contributed by atoms with Crippen molar-refractivity contribution in [2.24, 2.45) is 0 Å². The summed E-state index contributed by atoms with van der Waals surface area (Å²) in [7, 11) is 0. The number of hydrogen-bond donors (Lipinski definition) is 2. The van der Waals surface area contributed by atoms with Crippen LogP contribution in [0.15, 0.2) is 43.0 Å². The molecule has 4 heterocycles. The average Bonchev–Trinajstić information content (AvgIpc) is 3.32. The Bertz CT molecular complexity index is 918. The van der Waals surface area contributed by atoms with Crippen molar-refractivity contribution in [3.05, 3.63) is 54.5 Å². The van der Waals surface area contributed by atoms with Crippen LogP contribution in [0.2, 0.25) is 0 Å². The Balaban J connectivity index is 0.00000140. The molecule has 1 amide bonds. The van der Waals surface area contributed by atoms with E-state index in [0.29, 0.717) is 23.2 Å². The molecule has 0 bridgehead atoms. The summed E-state index contributed by atoms with van der Waals surface area (Å²) in [5.74, 6) is 1.18. The molecule has 1 aliphatic heterocycles. The van der Waals surface area contributed by atoms with E-state index in [1.165, 1.54) is 0 Å². The highest BCUT2D eigenvalue weighted by molar-refractivity contribution is 6.03. The fourth-order valence-corrected chi connectivity index (χ4v) is 3.20. The summed E-state index contributed by atoms with van der Waals surface area (Å²) in [6, 6.07) is 5.66. The summed E-state index contributed by atoms with van der Waals surface area (Å²) >= 11 is 0. The van der Waals surface area contributed by atoms with Crippen molar-refractivity contribution in [1.29, 1.82) is 0 Å². The number of imidazole rings is 1. The van der Waals surface area contributed by atoms with Crippen molar-refractivity contribution < 1.29 is 4.79 Å². The minimum absolute atomic E-state index is 0. The highest BCUT2D eigenvalue weighted by atomic mass is 35.5. The van der Waals surface area contributed by atoms with Crippen LogP contribution >= 0.6 is 24.8 Å². The lowest BCUT2D eigenvalue weighted by Gasteiger charge is -2.22. The highest BCUT2D eigenvalue weighted by Gasteiger charge is 2.19. The van der Waals surface area contributed by atoms with Gasteiger partial charge in [-0.05, 0) is 44.5 Å². The molecule has 1 aliphatic rings. The molecule has 0 aliphatic carbocycles. The van der Waals surface area contributed by atoms with E-state index < -0.39 is 0 Å². The van der Waals surface area contributed by atoms with Crippen molar-refractivity contribution in [3.63, 3.8) is 0 Å². The smallest absolute Gasteiger partial charge is 0.276 e. The Kier molecular flexibility index (Phi) is 7.56. The van der Waals surface area contributed by atoms with Gasteiger partial charge in [-0.2, -0.15) is 5.10 Å². The lowest BCUT2D eigenvalue weighted by atomic mass is 10.1. The van der Waals surface area contributed by atoms with E-state index in [-0.39, 0.29) is 30.7 Å². The van der Waals surface area contributed by atoms with E-state index in [9.17, 15) is 4.79 Å². The summed E-state index contributed by atoms with van der Waals surface area (Å²) in [5.41, 5.74) is 1.01. The van der Waals surface area contributed by atoms with Gasteiger partial charge < -0.3 is 10.6 Å². The minimum atomic E-state index is -0.250. The largest absolute Gasteiger partial charge is 0.317 e. The zero-order valence-corrected chi connectivity index (χ0v) is 17.0. The number of pyridine rings is 1.